The first-order chi connectivity index (χ1) is 17.5. The number of amides is 3. The van der Waals surface area contributed by atoms with E-state index in [2.05, 4.69) is 15.6 Å². The molecule has 0 bridgehead atoms. The lowest BCUT2D eigenvalue weighted by molar-refractivity contribution is -0.115. The topological polar surface area (TPSA) is 106 Å². The third kappa shape index (κ3) is 4.80. The van der Waals surface area contributed by atoms with Crippen LogP contribution in [-0.2, 0) is 18.4 Å². The van der Waals surface area contributed by atoms with Crippen molar-refractivity contribution in [2.24, 2.45) is 7.05 Å². The number of carbonyl (C=O) groups is 3. The number of rotatable bonds is 6. The molecule has 5 rings (SSSR count). The van der Waals surface area contributed by atoms with Gasteiger partial charge in [-0.05, 0) is 60.7 Å². The summed E-state index contributed by atoms with van der Waals surface area (Å²) in [7, 11) is 1.90. The summed E-state index contributed by atoms with van der Waals surface area (Å²) in [5.74, 6) is 0.596. The largest absolute Gasteiger partial charge is 0.486 e. The maximum atomic E-state index is 13.1. The smallest absolute Gasteiger partial charge is 0.258 e. The van der Waals surface area contributed by atoms with Gasteiger partial charge >= 0.3 is 0 Å². The zero-order chi connectivity index (χ0) is 25.1. The van der Waals surface area contributed by atoms with Gasteiger partial charge in [0.1, 0.15) is 24.7 Å². The van der Waals surface area contributed by atoms with Crippen LogP contribution in [0.3, 0.4) is 0 Å². The van der Waals surface area contributed by atoms with E-state index in [0.717, 1.165) is 5.82 Å². The highest BCUT2D eigenvalue weighted by molar-refractivity contribution is 6.15. The van der Waals surface area contributed by atoms with E-state index in [1.807, 2.05) is 23.9 Å². The highest BCUT2D eigenvalue weighted by Gasteiger charge is 2.27. The van der Waals surface area contributed by atoms with Gasteiger partial charge in [-0.1, -0.05) is 12.1 Å². The number of aryl methyl sites for hydroxylation is 1. The molecule has 1 aliphatic rings. The third-order valence-electron chi connectivity index (χ3n) is 5.81. The van der Waals surface area contributed by atoms with Gasteiger partial charge in [0, 0.05) is 36.3 Å². The number of anilines is 3. The molecule has 0 saturated heterocycles. The average molecular weight is 482 g/mol. The predicted molar refractivity (Wildman–Crippen MR) is 135 cm³/mol. The van der Waals surface area contributed by atoms with Crippen LogP contribution in [0.15, 0.2) is 85.2 Å². The van der Waals surface area contributed by atoms with Crippen LogP contribution in [-0.4, -0.2) is 33.8 Å². The first-order valence-electron chi connectivity index (χ1n) is 11.3. The van der Waals surface area contributed by atoms with E-state index < -0.39 is 0 Å². The van der Waals surface area contributed by atoms with Crippen molar-refractivity contribution in [3.8, 4) is 5.75 Å². The van der Waals surface area contributed by atoms with E-state index in [1.165, 1.54) is 4.90 Å². The molecule has 0 aliphatic carbocycles. The highest BCUT2D eigenvalue weighted by Crippen LogP contribution is 2.30. The van der Waals surface area contributed by atoms with Gasteiger partial charge in [-0.15, -0.1) is 0 Å². The number of ether oxygens (including phenoxy) is 1. The number of nitrogens with zero attached hydrogens (tertiary/aromatic N) is 3. The second kappa shape index (κ2) is 9.75. The molecule has 4 aromatic rings. The lowest BCUT2D eigenvalue weighted by Gasteiger charge is -2.29. The molecule has 0 radical (unpaired) electrons. The van der Waals surface area contributed by atoms with Crippen LogP contribution >= 0.6 is 0 Å². The van der Waals surface area contributed by atoms with Crippen LogP contribution in [0.1, 0.15) is 26.5 Å². The van der Waals surface area contributed by atoms with E-state index in [4.69, 9.17) is 4.74 Å². The number of para-hydroxylation sites is 2. The van der Waals surface area contributed by atoms with Crippen molar-refractivity contribution in [2.45, 2.75) is 6.61 Å². The molecular formula is C27H23N5O4. The Bertz CT molecular complexity index is 1430. The molecule has 2 N–H and O–H groups in total. The molecule has 0 spiro atoms. The van der Waals surface area contributed by atoms with Gasteiger partial charge in [-0.2, -0.15) is 0 Å². The van der Waals surface area contributed by atoms with Crippen LogP contribution in [0.4, 0.5) is 17.1 Å². The zero-order valence-corrected chi connectivity index (χ0v) is 19.5. The second-order valence-electron chi connectivity index (χ2n) is 8.26. The Kier molecular flexibility index (Phi) is 6.19. The Labute approximate surface area is 207 Å². The number of benzene rings is 3. The summed E-state index contributed by atoms with van der Waals surface area (Å²) in [4.78, 5) is 43.5. The SMILES string of the molecule is Cn1ccnc1COc1ccc(C(=O)Nc2ccc(C(=O)N3CC(=O)Nc4ccccc43)cc2)cc1. The minimum absolute atomic E-state index is 0.0598. The van der Waals surface area contributed by atoms with Gasteiger partial charge in [0.25, 0.3) is 11.8 Å². The average Bonchev–Trinajstić information content (AvgIpc) is 3.31. The van der Waals surface area contributed by atoms with Crippen LogP contribution in [0, 0.1) is 0 Å². The molecule has 3 aromatic carbocycles. The molecule has 1 aromatic heterocycles. The normalized spacial score (nSPS) is 12.5. The standard InChI is InChI=1S/C27H23N5O4/c1-31-15-14-28-24(31)17-36-21-12-8-18(9-13-21)26(34)29-20-10-6-19(7-11-20)27(35)32-16-25(33)30-22-4-2-3-5-23(22)32/h2-15H,16-17H2,1H3,(H,29,34)(H,30,33). The number of nitrogens with one attached hydrogen (secondary N) is 2. The minimum Gasteiger partial charge on any atom is -0.486 e. The summed E-state index contributed by atoms with van der Waals surface area (Å²) < 4.78 is 7.60. The maximum absolute atomic E-state index is 13.1. The van der Waals surface area contributed by atoms with E-state index in [9.17, 15) is 14.4 Å². The van der Waals surface area contributed by atoms with Crippen LogP contribution < -0.4 is 20.3 Å². The fraction of sp³-hybridized carbons (Fsp3) is 0.111. The Balaban J connectivity index is 1.21. The summed E-state index contributed by atoms with van der Waals surface area (Å²) in [6.45, 7) is 0.267. The van der Waals surface area contributed by atoms with E-state index in [1.54, 1.807) is 72.9 Å². The van der Waals surface area contributed by atoms with Gasteiger partial charge < -0.3 is 19.9 Å². The molecule has 1 aliphatic heterocycles. The molecule has 0 atom stereocenters. The lowest BCUT2D eigenvalue weighted by Crippen LogP contribution is -2.42. The summed E-state index contributed by atoms with van der Waals surface area (Å²) in [5, 5.41) is 5.60. The molecular weight excluding hydrogens is 458 g/mol. The van der Waals surface area contributed by atoms with Crippen molar-refractivity contribution >= 4 is 34.8 Å². The number of hydrogen-bond acceptors (Lipinski definition) is 5. The van der Waals surface area contributed by atoms with Crippen LogP contribution in [0.2, 0.25) is 0 Å². The fourth-order valence-electron chi connectivity index (χ4n) is 3.86. The Morgan fingerprint density at radius 2 is 1.72 bits per heavy atom. The number of carbonyl (C=O) groups excluding carboxylic acids is 3. The first-order valence-corrected chi connectivity index (χ1v) is 11.3. The van der Waals surface area contributed by atoms with Gasteiger partial charge in [0.15, 0.2) is 0 Å². The van der Waals surface area contributed by atoms with Crippen LogP contribution in [0.5, 0.6) is 5.75 Å². The van der Waals surface area contributed by atoms with E-state index >= 15 is 0 Å². The summed E-state index contributed by atoms with van der Waals surface area (Å²) in [6.07, 6.45) is 3.55. The maximum Gasteiger partial charge on any atom is 0.258 e. The van der Waals surface area contributed by atoms with Gasteiger partial charge in [0.2, 0.25) is 5.91 Å². The zero-order valence-electron chi connectivity index (χ0n) is 19.5. The van der Waals surface area contributed by atoms with E-state index in [0.29, 0.717) is 40.5 Å². The van der Waals surface area contributed by atoms with Crippen molar-refractivity contribution < 1.29 is 19.1 Å². The highest BCUT2D eigenvalue weighted by atomic mass is 16.5. The van der Waals surface area contributed by atoms with Crippen LogP contribution in [0.25, 0.3) is 0 Å². The van der Waals surface area contributed by atoms with Crippen molar-refractivity contribution in [3.05, 3.63) is 102 Å². The number of fused-ring (bicyclic) bond motifs is 1. The number of imidazole rings is 1. The summed E-state index contributed by atoms with van der Waals surface area (Å²) in [5.41, 5.74) is 2.66. The molecule has 3 amide bonds. The summed E-state index contributed by atoms with van der Waals surface area (Å²) in [6, 6.07) is 20.5. The van der Waals surface area contributed by atoms with Gasteiger partial charge in [-0.3, -0.25) is 19.3 Å². The van der Waals surface area contributed by atoms with Crippen molar-refractivity contribution in [1.29, 1.82) is 0 Å². The fourth-order valence-corrected chi connectivity index (χ4v) is 3.86. The van der Waals surface area contributed by atoms with Crippen molar-refractivity contribution in [3.63, 3.8) is 0 Å². The third-order valence-corrected chi connectivity index (χ3v) is 5.81. The molecule has 180 valence electrons. The quantitative estimate of drug-likeness (QED) is 0.435. The van der Waals surface area contributed by atoms with Crippen molar-refractivity contribution in [2.75, 3.05) is 22.1 Å². The van der Waals surface area contributed by atoms with E-state index in [-0.39, 0.29) is 24.3 Å². The van der Waals surface area contributed by atoms with Gasteiger partial charge in [-0.25, -0.2) is 4.98 Å². The van der Waals surface area contributed by atoms with Crippen molar-refractivity contribution in [1.82, 2.24) is 9.55 Å². The van der Waals surface area contributed by atoms with Gasteiger partial charge in [0.05, 0.1) is 11.4 Å². The lowest BCUT2D eigenvalue weighted by atomic mass is 10.1. The second-order valence-corrected chi connectivity index (χ2v) is 8.26. The molecule has 9 heteroatoms. The minimum atomic E-state index is -0.295. The number of hydrogen-bond donors (Lipinski definition) is 2. The monoisotopic (exact) mass is 481 g/mol. The Hall–Kier alpha value is -4.92. The molecule has 0 fully saturated rings. The number of aromatic nitrogens is 2. The Morgan fingerprint density at radius 1 is 1.00 bits per heavy atom. The molecule has 2 heterocycles. The Morgan fingerprint density at radius 3 is 2.44 bits per heavy atom. The first kappa shape index (κ1) is 22.9. The molecule has 0 saturated carbocycles. The predicted octanol–water partition coefficient (Wildman–Crippen LogP) is 3.85. The molecule has 0 unspecified atom stereocenters. The molecule has 36 heavy (non-hydrogen) atoms. The summed E-state index contributed by atoms with van der Waals surface area (Å²) >= 11 is 0. The molecule has 9 nitrogen and oxygen atoms in total.